The molecular weight excluding hydrogens is 338 g/mol. The van der Waals surface area contributed by atoms with Crippen molar-refractivity contribution in [3.05, 3.63) is 51.9 Å². The van der Waals surface area contributed by atoms with Crippen molar-refractivity contribution in [2.45, 2.75) is 39.5 Å². The van der Waals surface area contributed by atoms with Crippen LogP contribution < -0.4 is 10.1 Å². The van der Waals surface area contributed by atoms with Crippen molar-refractivity contribution in [1.29, 1.82) is 5.26 Å². The minimum Gasteiger partial charge on any atom is -0.497 e. The standard InChI is InChI=1S/C20H20F2N2O2/c1-10-12(9-23)17(18-13(21)5-11(26-4)6-14(18)22)19-15(24-10)7-20(2,3)8-16(19)25/h5-6,17,24H,7-8H2,1-4H3. The lowest BCUT2D eigenvalue weighted by Gasteiger charge is -2.38. The first-order valence-corrected chi connectivity index (χ1v) is 8.35. The number of nitriles is 1. The van der Waals surface area contributed by atoms with E-state index in [1.54, 1.807) is 6.92 Å². The van der Waals surface area contributed by atoms with Gasteiger partial charge in [0.2, 0.25) is 0 Å². The molecule has 6 heteroatoms. The number of benzene rings is 1. The minimum atomic E-state index is -1.05. The van der Waals surface area contributed by atoms with E-state index in [4.69, 9.17) is 4.74 Å². The molecule has 1 heterocycles. The maximum atomic E-state index is 14.8. The van der Waals surface area contributed by atoms with Crippen molar-refractivity contribution in [2.24, 2.45) is 5.41 Å². The number of nitrogens with zero attached hydrogens (tertiary/aromatic N) is 1. The van der Waals surface area contributed by atoms with Gasteiger partial charge in [-0.3, -0.25) is 4.79 Å². The number of carbonyl (C=O) groups is 1. The summed E-state index contributed by atoms with van der Waals surface area (Å²) < 4.78 is 34.4. The number of ketones is 1. The van der Waals surface area contributed by atoms with Crippen molar-refractivity contribution in [1.82, 2.24) is 5.32 Å². The largest absolute Gasteiger partial charge is 0.497 e. The molecule has 1 aliphatic heterocycles. The topological polar surface area (TPSA) is 62.1 Å². The Hall–Kier alpha value is -2.68. The molecule has 26 heavy (non-hydrogen) atoms. The number of Topliss-reactive ketones (excluding diaryl/α,β-unsaturated/α-hetero) is 1. The molecule has 1 aliphatic carbocycles. The number of methoxy groups -OCH3 is 1. The lowest BCUT2D eigenvalue weighted by Crippen LogP contribution is -2.37. The molecule has 1 unspecified atom stereocenters. The molecule has 0 bridgehead atoms. The molecule has 1 N–H and O–H groups in total. The molecule has 1 aromatic carbocycles. The Balaban J connectivity index is 2.26. The Bertz CT molecular complexity index is 884. The number of ether oxygens (including phenoxy) is 1. The summed E-state index contributed by atoms with van der Waals surface area (Å²) in [6.07, 6.45) is 0.835. The van der Waals surface area contributed by atoms with Gasteiger partial charge in [0.25, 0.3) is 0 Å². The average molecular weight is 358 g/mol. The maximum absolute atomic E-state index is 14.8. The van der Waals surface area contributed by atoms with Gasteiger partial charge < -0.3 is 10.1 Å². The number of halogens is 2. The number of nitrogens with one attached hydrogen (secondary N) is 1. The van der Waals surface area contributed by atoms with E-state index in [9.17, 15) is 18.8 Å². The highest BCUT2D eigenvalue weighted by molar-refractivity contribution is 6.00. The fourth-order valence-electron chi connectivity index (χ4n) is 3.83. The number of dihydropyridines is 1. The summed E-state index contributed by atoms with van der Waals surface area (Å²) in [6, 6.07) is 4.17. The second-order valence-corrected chi connectivity index (χ2v) is 7.55. The summed E-state index contributed by atoms with van der Waals surface area (Å²) in [4.78, 5) is 12.8. The third-order valence-corrected chi connectivity index (χ3v) is 4.94. The molecule has 0 spiro atoms. The fraction of sp³-hybridized carbons (Fsp3) is 0.400. The zero-order chi connectivity index (χ0) is 19.2. The van der Waals surface area contributed by atoms with Gasteiger partial charge in [0.05, 0.1) is 24.7 Å². The van der Waals surface area contributed by atoms with Crippen LogP contribution >= 0.6 is 0 Å². The van der Waals surface area contributed by atoms with Crippen LogP contribution in [0.2, 0.25) is 0 Å². The molecule has 0 saturated heterocycles. The van der Waals surface area contributed by atoms with Crippen molar-refractivity contribution in [3.63, 3.8) is 0 Å². The van der Waals surface area contributed by atoms with Crippen LogP contribution in [0.3, 0.4) is 0 Å². The smallest absolute Gasteiger partial charge is 0.162 e. The zero-order valence-electron chi connectivity index (χ0n) is 15.2. The third kappa shape index (κ3) is 2.88. The quantitative estimate of drug-likeness (QED) is 0.865. The highest BCUT2D eigenvalue weighted by Crippen LogP contribution is 2.47. The Morgan fingerprint density at radius 1 is 1.27 bits per heavy atom. The van der Waals surface area contributed by atoms with E-state index in [0.717, 1.165) is 12.1 Å². The first kappa shape index (κ1) is 18.1. The lowest BCUT2D eigenvalue weighted by atomic mass is 9.68. The highest BCUT2D eigenvalue weighted by atomic mass is 19.1. The van der Waals surface area contributed by atoms with Gasteiger partial charge in [-0.1, -0.05) is 13.8 Å². The van der Waals surface area contributed by atoms with Crippen molar-refractivity contribution in [3.8, 4) is 11.8 Å². The molecule has 0 fully saturated rings. The Labute approximate surface area is 151 Å². The van der Waals surface area contributed by atoms with Crippen molar-refractivity contribution in [2.75, 3.05) is 7.11 Å². The molecule has 3 rings (SSSR count). The second kappa shape index (κ2) is 6.24. The van der Waals surface area contributed by atoms with Crippen LogP contribution in [0.15, 0.2) is 34.7 Å². The van der Waals surface area contributed by atoms with E-state index < -0.39 is 17.6 Å². The van der Waals surface area contributed by atoms with Crippen LogP contribution in [-0.2, 0) is 4.79 Å². The number of rotatable bonds is 2. The predicted octanol–water partition coefficient (Wildman–Crippen LogP) is 4.10. The van der Waals surface area contributed by atoms with Crippen molar-refractivity contribution >= 4 is 5.78 Å². The maximum Gasteiger partial charge on any atom is 0.162 e. The van der Waals surface area contributed by atoms with Crippen LogP contribution in [0, 0.1) is 28.4 Å². The molecule has 136 valence electrons. The van der Waals surface area contributed by atoms with E-state index in [2.05, 4.69) is 5.32 Å². The molecule has 0 radical (unpaired) electrons. The first-order chi connectivity index (χ1) is 12.2. The fourth-order valence-corrected chi connectivity index (χ4v) is 3.83. The monoisotopic (exact) mass is 358 g/mol. The van der Waals surface area contributed by atoms with Gasteiger partial charge >= 0.3 is 0 Å². The third-order valence-electron chi connectivity index (χ3n) is 4.94. The van der Waals surface area contributed by atoms with Gasteiger partial charge in [0.15, 0.2) is 5.78 Å². The summed E-state index contributed by atoms with van der Waals surface area (Å²) in [7, 11) is 1.32. The summed E-state index contributed by atoms with van der Waals surface area (Å²) >= 11 is 0. The SMILES string of the molecule is COc1cc(F)c(C2C(C#N)=C(C)NC3=C2C(=O)CC(C)(C)C3)c(F)c1. The number of allylic oxidation sites excluding steroid dienone is 4. The number of hydrogen-bond acceptors (Lipinski definition) is 4. The Morgan fingerprint density at radius 3 is 2.42 bits per heavy atom. The van der Waals surface area contributed by atoms with Crippen LogP contribution in [0.1, 0.15) is 45.1 Å². The van der Waals surface area contributed by atoms with Crippen LogP contribution in [0.5, 0.6) is 5.75 Å². The summed E-state index contributed by atoms with van der Waals surface area (Å²) in [5.74, 6) is -2.87. The first-order valence-electron chi connectivity index (χ1n) is 8.35. The molecule has 0 saturated carbocycles. The second-order valence-electron chi connectivity index (χ2n) is 7.55. The average Bonchev–Trinajstić information content (AvgIpc) is 2.52. The molecule has 1 atom stereocenters. The van der Waals surface area contributed by atoms with Gasteiger partial charge in [-0.25, -0.2) is 8.78 Å². The normalized spacial score (nSPS) is 21.9. The van der Waals surface area contributed by atoms with E-state index in [-0.39, 0.29) is 40.1 Å². The summed E-state index contributed by atoms with van der Waals surface area (Å²) in [6.45, 7) is 5.62. The number of hydrogen-bond donors (Lipinski definition) is 1. The summed E-state index contributed by atoms with van der Waals surface area (Å²) in [5, 5.41) is 12.7. The van der Waals surface area contributed by atoms with Gasteiger partial charge in [-0.05, 0) is 18.8 Å². The van der Waals surface area contributed by atoms with E-state index in [1.807, 2.05) is 19.9 Å². The summed E-state index contributed by atoms with van der Waals surface area (Å²) in [5.41, 5.74) is 1.05. The molecule has 4 nitrogen and oxygen atoms in total. The van der Waals surface area contributed by atoms with Crippen LogP contribution in [-0.4, -0.2) is 12.9 Å². The van der Waals surface area contributed by atoms with Gasteiger partial charge in [0, 0.05) is 41.1 Å². The van der Waals surface area contributed by atoms with E-state index in [0.29, 0.717) is 17.8 Å². The molecule has 0 aromatic heterocycles. The molecule has 0 amide bonds. The predicted molar refractivity (Wildman–Crippen MR) is 92.1 cm³/mol. The zero-order valence-corrected chi connectivity index (χ0v) is 15.2. The van der Waals surface area contributed by atoms with Crippen molar-refractivity contribution < 1.29 is 18.3 Å². The van der Waals surface area contributed by atoms with Crippen LogP contribution in [0.25, 0.3) is 0 Å². The van der Waals surface area contributed by atoms with Crippen LogP contribution in [0.4, 0.5) is 8.78 Å². The van der Waals surface area contributed by atoms with Gasteiger partial charge in [-0.2, -0.15) is 5.26 Å². The Morgan fingerprint density at radius 2 is 1.88 bits per heavy atom. The van der Waals surface area contributed by atoms with Gasteiger partial charge in [-0.15, -0.1) is 0 Å². The lowest BCUT2D eigenvalue weighted by molar-refractivity contribution is -0.118. The molecule has 2 aliphatic rings. The number of carbonyl (C=O) groups excluding carboxylic acids is 1. The van der Waals surface area contributed by atoms with E-state index in [1.165, 1.54) is 7.11 Å². The Kier molecular flexibility index (Phi) is 4.35. The minimum absolute atomic E-state index is 0.0437. The van der Waals surface area contributed by atoms with Gasteiger partial charge in [0.1, 0.15) is 17.4 Å². The van der Waals surface area contributed by atoms with E-state index >= 15 is 0 Å². The highest BCUT2D eigenvalue weighted by Gasteiger charge is 2.42. The molecule has 1 aromatic rings. The molecular formula is C20H20F2N2O2.